The van der Waals surface area contributed by atoms with Crippen LogP contribution in [0.3, 0.4) is 0 Å². The molecule has 0 N–H and O–H groups in total. The summed E-state index contributed by atoms with van der Waals surface area (Å²) in [6.45, 7) is 0. The first kappa shape index (κ1) is 22.7. The van der Waals surface area contributed by atoms with Crippen LogP contribution in [0.5, 0.6) is 0 Å². The van der Waals surface area contributed by atoms with Gasteiger partial charge in [-0.3, -0.25) is 4.98 Å². The molecule has 184 valence electrons. The van der Waals surface area contributed by atoms with Gasteiger partial charge in [0.2, 0.25) is 0 Å². The molecule has 0 radical (unpaired) electrons. The zero-order valence-electron chi connectivity index (χ0n) is 21.2. The molecule has 0 spiro atoms. The van der Waals surface area contributed by atoms with Crippen LogP contribution in [0.1, 0.15) is 43.7 Å². The summed E-state index contributed by atoms with van der Waals surface area (Å²) in [5.74, 6) is 1.27. The SMILES string of the molecule is c1ccc(-c2ccnc(-c3cccc(-c4ccc5ccc6ccc(C7CCCCC7)nc6c5n4)c3)n2)cc1. The molecular formula is C34H28N4. The lowest BCUT2D eigenvalue weighted by Crippen LogP contribution is -2.06. The number of fused-ring (bicyclic) bond motifs is 3. The molecule has 0 bridgehead atoms. The van der Waals surface area contributed by atoms with Crippen LogP contribution in [0.2, 0.25) is 0 Å². The van der Waals surface area contributed by atoms with Gasteiger partial charge in [-0.1, -0.05) is 92.1 Å². The van der Waals surface area contributed by atoms with Gasteiger partial charge in [-0.25, -0.2) is 15.0 Å². The van der Waals surface area contributed by atoms with Crippen LogP contribution in [-0.2, 0) is 0 Å². The molecule has 3 aromatic carbocycles. The lowest BCUT2D eigenvalue weighted by molar-refractivity contribution is 0.437. The average molecular weight is 493 g/mol. The van der Waals surface area contributed by atoms with Crippen molar-refractivity contribution in [1.29, 1.82) is 0 Å². The molecule has 1 aliphatic carbocycles. The van der Waals surface area contributed by atoms with Crippen molar-refractivity contribution in [3.63, 3.8) is 0 Å². The molecule has 3 aromatic heterocycles. The van der Waals surface area contributed by atoms with Gasteiger partial charge in [-0.2, -0.15) is 0 Å². The van der Waals surface area contributed by atoms with Gasteiger partial charge in [-0.05, 0) is 37.1 Å². The maximum Gasteiger partial charge on any atom is 0.159 e. The van der Waals surface area contributed by atoms with Crippen LogP contribution in [0.4, 0.5) is 0 Å². The summed E-state index contributed by atoms with van der Waals surface area (Å²) in [6, 6.07) is 33.5. The summed E-state index contributed by atoms with van der Waals surface area (Å²) in [6.07, 6.45) is 8.25. The van der Waals surface area contributed by atoms with Crippen LogP contribution < -0.4 is 0 Å². The molecule has 1 fully saturated rings. The van der Waals surface area contributed by atoms with Gasteiger partial charge in [-0.15, -0.1) is 0 Å². The number of aromatic nitrogens is 4. The molecule has 0 amide bonds. The summed E-state index contributed by atoms with van der Waals surface area (Å²) < 4.78 is 0. The lowest BCUT2D eigenvalue weighted by atomic mass is 9.86. The fraction of sp³-hybridized carbons (Fsp3) is 0.176. The van der Waals surface area contributed by atoms with E-state index in [1.54, 1.807) is 0 Å². The summed E-state index contributed by atoms with van der Waals surface area (Å²) in [5.41, 5.74) is 8.11. The van der Waals surface area contributed by atoms with Crippen molar-refractivity contribution in [1.82, 2.24) is 19.9 Å². The largest absolute Gasteiger partial charge is 0.250 e. The highest BCUT2D eigenvalue weighted by atomic mass is 14.9. The van der Waals surface area contributed by atoms with Crippen LogP contribution >= 0.6 is 0 Å². The predicted molar refractivity (Wildman–Crippen MR) is 155 cm³/mol. The van der Waals surface area contributed by atoms with Crippen LogP contribution in [0, 0.1) is 0 Å². The summed E-state index contributed by atoms with van der Waals surface area (Å²) in [4.78, 5) is 19.8. The fourth-order valence-electron chi connectivity index (χ4n) is 5.65. The topological polar surface area (TPSA) is 51.6 Å². The molecule has 6 aromatic rings. The number of pyridine rings is 2. The Bertz CT molecular complexity index is 1750. The van der Waals surface area contributed by atoms with Crippen molar-refractivity contribution >= 4 is 21.8 Å². The van der Waals surface area contributed by atoms with Crippen molar-refractivity contribution in [3.8, 4) is 33.9 Å². The van der Waals surface area contributed by atoms with Gasteiger partial charge in [0.05, 0.1) is 22.4 Å². The minimum Gasteiger partial charge on any atom is -0.250 e. The number of benzene rings is 3. The van der Waals surface area contributed by atoms with Crippen molar-refractivity contribution < 1.29 is 0 Å². The summed E-state index contributed by atoms with van der Waals surface area (Å²) >= 11 is 0. The van der Waals surface area contributed by atoms with E-state index in [9.17, 15) is 0 Å². The van der Waals surface area contributed by atoms with E-state index in [1.165, 1.54) is 37.8 Å². The van der Waals surface area contributed by atoms with E-state index >= 15 is 0 Å². The number of hydrogen-bond donors (Lipinski definition) is 0. The van der Waals surface area contributed by atoms with E-state index in [1.807, 2.05) is 30.5 Å². The highest BCUT2D eigenvalue weighted by molar-refractivity contribution is 6.03. The molecule has 1 aliphatic rings. The molecule has 0 saturated heterocycles. The third-order valence-corrected chi connectivity index (χ3v) is 7.71. The Kier molecular flexibility index (Phi) is 5.86. The highest BCUT2D eigenvalue weighted by Crippen LogP contribution is 2.34. The van der Waals surface area contributed by atoms with Gasteiger partial charge in [0.15, 0.2) is 5.82 Å². The third kappa shape index (κ3) is 4.32. The second-order valence-corrected chi connectivity index (χ2v) is 10.2. The van der Waals surface area contributed by atoms with Gasteiger partial charge in [0.25, 0.3) is 0 Å². The smallest absolute Gasteiger partial charge is 0.159 e. The molecular weight excluding hydrogens is 464 g/mol. The van der Waals surface area contributed by atoms with Crippen LogP contribution in [0.25, 0.3) is 55.7 Å². The van der Waals surface area contributed by atoms with E-state index in [2.05, 4.69) is 77.8 Å². The first-order chi connectivity index (χ1) is 18.8. The lowest BCUT2D eigenvalue weighted by Gasteiger charge is -2.21. The minimum atomic E-state index is 0.565. The third-order valence-electron chi connectivity index (χ3n) is 7.71. The summed E-state index contributed by atoms with van der Waals surface area (Å²) in [5, 5.41) is 2.26. The second kappa shape index (κ2) is 9.79. The first-order valence-electron chi connectivity index (χ1n) is 13.5. The quantitative estimate of drug-likeness (QED) is 0.231. The zero-order valence-corrected chi connectivity index (χ0v) is 21.2. The zero-order chi connectivity index (χ0) is 25.3. The first-order valence-corrected chi connectivity index (χ1v) is 13.5. The van der Waals surface area contributed by atoms with Crippen LogP contribution in [0.15, 0.2) is 103 Å². The Balaban J connectivity index is 1.29. The standard InChI is InChI=1S/C34H28N4/c1-3-8-23(9-4-1)29-18-16-25-14-15-26-17-19-30(37-33(26)32(25)36-29)27-12-7-13-28(22-27)34-35-21-20-31(38-34)24-10-5-2-6-11-24/h2,5-7,10-23H,1,3-4,8-9H2. The molecule has 7 rings (SSSR count). The van der Waals surface area contributed by atoms with Crippen molar-refractivity contribution in [2.75, 3.05) is 0 Å². The van der Waals surface area contributed by atoms with E-state index < -0.39 is 0 Å². The normalized spacial score (nSPS) is 14.2. The maximum atomic E-state index is 5.18. The van der Waals surface area contributed by atoms with Gasteiger partial charge < -0.3 is 0 Å². The minimum absolute atomic E-state index is 0.565. The highest BCUT2D eigenvalue weighted by Gasteiger charge is 2.18. The number of nitrogens with zero attached hydrogens (tertiary/aromatic N) is 4. The Morgan fingerprint density at radius 3 is 2.05 bits per heavy atom. The molecule has 3 heterocycles. The molecule has 1 saturated carbocycles. The Hall–Kier alpha value is -4.44. The Morgan fingerprint density at radius 2 is 1.21 bits per heavy atom. The van der Waals surface area contributed by atoms with Crippen molar-refractivity contribution in [2.45, 2.75) is 38.0 Å². The molecule has 0 unspecified atom stereocenters. The molecule has 0 atom stereocenters. The maximum absolute atomic E-state index is 5.18. The predicted octanol–water partition coefficient (Wildman–Crippen LogP) is 8.62. The van der Waals surface area contributed by atoms with E-state index in [-0.39, 0.29) is 0 Å². The van der Waals surface area contributed by atoms with Crippen molar-refractivity contribution in [3.05, 3.63) is 109 Å². The Morgan fingerprint density at radius 1 is 0.526 bits per heavy atom. The number of rotatable bonds is 4. The molecule has 4 nitrogen and oxygen atoms in total. The number of hydrogen-bond acceptors (Lipinski definition) is 4. The molecule has 0 aliphatic heterocycles. The van der Waals surface area contributed by atoms with Crippen molar-refractivity contribution in [2.24, 2.45) is 0 Å². The van der Waals surface area contributed by atoms with E-state index in [0.29, 0.717) is 11.7 Å². The van der Waals surface area contributed by atoms with Gasteiger partial charge in [0, 0.05) is 45.3 Å². The average Bonchev–Trinajstić information content (AvgIpc) is 3.01. The molecule has 38 heavy (non-hydrogen) atoms. The van der Waals surface area contributed by atoms with Gasteiger partial charge in [0.1, 0.15) is 0 Å². The Labute approximate surface area is 222 Å². The monoisotopic (exact) mass is 492 g/mol. The van der Waals surface area contributed by atoms with Gasteiger partial charge >= 0.3 is 0 Å². The van der Waals surface area contributed by atoms with E-state index in [4.69, 9.17) is 15.0 Å². The fourth-order valence-corrected chi connectivity index (χ4v) is 5.65. The molecule has 4 heteroatoms. The van der Waals surface area contributed by atoms with E-state index in [0.717, 1.165) is 49.9 Å². The second-order valence-electron chi connectivity index (χ2n) is 10.2. The van der Waals surface area contributed by atoms with Crippen LogP contribution in [-0.4, -0.2) is 19.9 Å². The summed E-state index contributed by atoms with van der Waals surface area (Å²) in [7, 11) is 0.